The van der Waals surface area contributed by atoms with Crippen molar-refractivity contribution in [1.29, 1.82) is 0 Å². The zero-order chi connectivity index (χ0) is 17.4. The maximum Gasteiger partial charge on any atom is 0.471 e. The molecular weight excluding hydrogens is 320 g/mol. The summed E-state index contributed by atoms with van der Waals surface area (Å²) >= 11 is 0. The molecule has 0 rings (SSSR count). The summed E-state index contributed by atoms with van der Waals surface area (Å²) in [6, 6.07) is 0. The highest BCUT2D eigenvalue weighted by molar-refractivity contribution is 6.00. The van der Waals surface area contributed by atoms with Crippen LogP contribution in [-0.4, -0.2) is 55.2 Å². The predicted molar refractivity (Wildman–Crippen MR) is 64.6 cm³/mol. The Morgan fingerprint density at radius 2 is 1.32 bits per heavy atom. The number of nitrogens with one attached hydrogen (secondary N) is 1. The lowest BCUT2D eigenvalue weighted by Crippen LogP contribution is -2.50. The number of hydrogen-bond acceptors (Lipinski definition) is 4. The van der Waals surface area contributed by atoms with Gasteiger partial charge in [-0.05, 0) is 38.9 Å². The third-order valence-electron chi connectivity index (χ3n) is 2.52. The van der Waals surface area contributed by atoms with Gasteiger partial charge in [0, 0.05) is 6.54 Å². The average Bonchev–Trinajstić information content (AvgIpc) is 2.38. The van der Waals surface area contributed by atoms with Gasteiger partial charge in [-0.25, -0.2) is 0 Å². The largest absolute Gasteiger partial charge is 0.471 e. The van der Waals surface area contributed by atoms with Crippen molar-refractivity contribution in [3.05, 3.63) is 0 Å². The molecule has 130 valence electrons. The number of rotatable bonds is 8. The molecule has 5 nitrogen and oxygen atoms in total. The van der Waals surface area contributed by atoms with Crippen LogP contribution in [0.5, 0.6) is 0 Å². The van der Waals surface area contributed by atoms with Crippen LogP contribution in [0.15, 0.2) is 0 Å². The van der Waals surface area contributed by atoms with E-state index in [0.29, 0.717) is 19.5 Å². The van der Waals surface area contributed by atoms with E-state index in [9.17, 15) is 35.9 Å². The molecular formula is C11H17F6N3O2. The Morgan fingerprint density at radius 3 is 1.73 bits per heavy atom. The average molecular weight is 337 g/mol. The number of unbranched alkanes of at least 4 members (excludes halogenated alkanes) is 1. The fraction of sp³-hybridized carbons (Fsp3) is 0.818. The first-order chi connectivity index (χ1) is 10.0. The van der Waals surface area contributed by atoms with Crippen LogP contribution >= 0.6 is 0 Å². The molecule has 0 aliphatic heterocycles. The summed E-state index contributed by atoms with van der Waals surface area (Å²) in [7, 11) is 0. The third-order valence-corrected chi connectivity index (χ3v) is 2.52. The minimum atomic E-state index is -5.55. The third kappa shape index (κ3) is 7.59. The predicted octanol–water partition coefficient (Wildman–Crippen LogP) is 1.18. The molecule has 0 heterocycles. The molecule has 0 fully saturated rings. The Labute approximate surface area is 122 Å². The molecule has 3 N–H and O–H groups in total. The first-order valence-corrected chi connectivity index (χ1v) is 6.42. The Balaban J connectivity index is 4.51. The summed E-state index contributed by atoms with van der Waals surface area (Å²) < 4.78 is 73.3. The lowest BCUT2D eigenvalue weighted by molar-refractivity contribution is -0.204. The normalized spacial score (nSPS) is 12.3. The topological polar surface area (TPSA) is 75.4 Å². The van der Waals surface area contributed by atoms with E-state index in [1.165, 1.54) is 0 Å². The van der Waals surface area contributed by atoms with Crippen LogP contribution in [0.1, 0.15) is 19.3 Å². The first-order valence-electron chi connectivity index (χ1n) is 6.42. The molecule has 0 aliphatic carbocycles. The van der Waals surface area contributed by atoms with Crippen LogP contribution in [0.4, 0.5) is 26.3 Å². The molecule has 22 heavy (non-hydrogen) atoms. The van der Waals surface area contributed by atoms with Gasteiger partial charge in [0.25, 0.3) is 0 Å². The van der Waals surface area contributed by atoms with Crippen molar-refractivity contribution >= 4 is 11.8 Å². The molecule has 0 radical (unpaired) electrons. The number of hydrogen-bond donors (Lipinski definition) is 2. The monoisotopic (exact) mass is 337 g/mol. The molecule has 0 spiro atoms. The Bertz CT molecular complexity index is 344. The highest BCUT2D eigenvalue weighted by atomic mass is 19.4. The Kier molecular flexibility index (Phi) is 8.38. The fourth-order valence-corrected chi connectivity index (χ4v) is 1.48. The van der Waals surface area contributed by atoms with Gasteiger partial charge in [-0.1, -0.05) is 0 Å². The van der Waals surface area contributed by atoms with E-state index in [1.807, 2.05) is 0 Å². The molecule has 11 heteroatoms. The summed E-state index contributed by atoms with van der Waals surface area (Å²) in [6.45, 7) is 0.0468. The van der Waals surface area contributed by atoms with E-state index >= 15 is 0 Å². The Hall–Kier alpha value is -1.36. The van der Waals surface area contributed by atoms with Crippen molar-refractivity contribution in [3.63, 3.8) is 0 Å². The highest BCUT2D eigenvalue weighted by Crippen LogP contribution is 2.24. The SMILES string of the molecule is NCCCCNCCCN(C(=O)C(F)(F)F)C(=O)C(F)(F)F. The standard InChI is InChI=1S/C11H17F6N3O2/c12-10(13,14)8(21)20(9(22)11(15,16)17)7-3-6-19-5-2-1-4-18/h19H,1-7,18H2. The van der Waals surface area contributed by atoms with Gasteiger partial charge in [0.05, 0.1) is 0 Å². The van der Waals surface area contributed by atoms with Crippen LogP contribution in [-0.2, 0) is 9.59 Å². The van der Waals surface area contributed by atoms with Crippen LogP contribution in [0.2, 0.25) is 0 Å². The van der Waals surface area contributed by atoms with Crippen molar-refractivity contribution in [1.82, 2.24) is 10.2 Å². The molecule has 0 atom stereocenters. The van der Waals surface area contributed by atoms with Crippen molar-refractivity contribution in [3.8, 4) is 0 Å². The Morgan fingerprint density at radius 1 is 0.864 bits per heavy atom. The fourth-order valence-electron chi connectivity index (χ4n) is 1.48. The number of imide groups is 1. The van der Waals surface area contributed by atoms with Crippen LogP contribution in [0.3, 0.4) is 0 Å². The number of carbonyl (C=O) groups excluding carboxylic acids is 2. The highest BCUT2D eigenvalue weighted by Gasteiger charge is 2.51. The number of halogens is 6. The van der Waals surface area contributed by atoms with Crippen molar-refractivity contribution in [2.24, 2.45) is 5.73 Å². The maximum atomic E-state index is 12.2. The molecule has 0 unspecified atom stereocenters. The summed E-state index contributed by atoms with van der Waals surface area (Å²) in [5.41, 5.74) is 5.23. The molecule has 2 amide bonds. The van der Waals surface area contributed by atoms with E-state index in [-0.39, 0.29) is 13.0 Å². The van der Waals surface area contributed by atoms with Crippen molar-refractivity contribution < 1.29 is 35.9 Å². The van der Waals surface area contributed by atoms with E-state index in [1.54, 1.807) is 0 Å². The number of carbonyl (C=O) groups is 2. The van der Waals surface area contributed by atoms with Gasteiger partial charge in [-0.3, -0.25) is 14.5 Å². The minimum Gasteiger partial charge on any atom is -0.330 e. The number of amides is 2. The smallest absolute Gasteiger partial charge is 0.330 e. The van der Waals surface area contributed by atoms with Gasteiger partial charge in [-0.15, -0.1) is 0 Å². The summed E-state index contributed by atoms with van der Waals surface area (Å²) in [5.74, 6) is -5.64. The van der Waals surface area contributed by atoms with Crippen LogP contribution < -0.4 is 11.1 Å². The van der Waals surface area contributed by atoms with Crippen LogP contribution in [0.25, 0.3) is 0 Å². The summed E-state index contributed by atoms with van der Waals surface area (Å²) in [6.07, 6.45) is -9.90. The second-order valence-electron chi connectivity index (χ2n) is 4.36. The van der Waals surface area contributed by atoms with Crippen molar-refractivity contribution in [2.75, 3.05) is 26.2 Å². The summed E-state index contributed by atoms with van der Waals surface area (Å²) in [5, 5.41) is 2.76. The van der Waals surface area contributed by atoms with Gasteiger partial charge in [-0.2, -0.15) is 26.3 Å². The van der Waals surface area contributed by atoms with E-state index in [2.05, 4.69) is 5.32 Å². The maximum absolute atomic E-state index is 12.2. The first kappa shape index (κ1) is 20.6. The second kappa shape index (κ2) is 8.93. The van der Waals surface area contributed by atoms with E-state index in [0.717, 1.165) is 6.42 Å². The lowest BCUT2D eigenvalue weighted by Gasteiger charge is -2.22. The zero-order valence-electron chi connectivity index (χ0n) is 11.6. The molecule has 0 aromatic heterocycles. The molecule has 0 aliphatic rings. The van der Waals surface area contributed by atoms with E-state index < -0.39 is 35.6 Å². The zero-order valence-corrected chi connectivity index (χ0v) is 11.6. The molecule has 0 saturated carbocycles. The van der Waals surface area contributed by atoms with Gasteiger partial charge < -0.3 is 11.1 Å². The quantitative estimate of drug-likeness (QED) is 0.515. The molecule has 0 aromatic rings. The lowest BCUT2D eigenvalue weighted by atomic mass is 10.3. The van der Waals surface area contributed by atoms with E-state index in [4.69, 9.17) is 5.73 Å². The number of nitrogens with two attached hydrogens (primary N) is 1. The van der Waals surface area contributed by atoms with Gasteiger partial charge in [0.15, 0.2) is 0 Å². The number of alkyl halides is 6. The van der Waals surface area contributed by atoms with Gasteiger partial charge >= 0.3 is 24.2 Å². The van der Waals surface area contributed by atoms with Crippen molar-refractivity contribution in [2.45, 2.75) is 31.6 Å². The van der Waals surface area contributed by atoms with Gasteiger partial charge in [0.2, 0.25) is 0 Å². The molecule has 0 aromatic carbocycles. The number of nitrogens with zero attached hydrogens (tertiary/aromatic N) is 1. The molecule has 0 saturated heterocycles. The minimum absolute atomic E-state index is 0.0668. The van der Waals surface area contributed by atoms with Gasteiger partial charge in [0.1, 0.15) is 0 Å². The van der Waals surface area contributed by atoms with Crippen LogP contribution in [0, 0.1) is 0 Å². The summed E-state index contributed by atoms with van der Waals surface area (Å²) in [4.78, 5) is 21.0. The molecule has 0 bridgehead atoms. The second-order valence-corrected chi connectivity index (χ2v) is 4.36.